The number of hydrogen-bond acceptors (Lipinski definition) is 6. The molecule has 150 valence electrons. The van der Waals surface area contributed by atoms with Crippen molar-refractivity contribution in [1.82, 2.24) is 15.6 Å². The van der Waals surface area contributed by atoms with Gasteiger partial charge >= 0.3 is 0 Å². The normalized spacial score (nSPS) is 16.4. The van der Waals surface area contributed by atoms with Crippen LogP contribution < -0.4 is 26.6 Å². The standard InChI is InChI=1S/C19H33N7O/c1-19(2)7-9-26(10-8-19)17-15(25-18(27)16(20)21)6-5-14(24-17)13(11-22-3)12-23-4/h5-6,13,22-23H,7-12H2,1-4H3,(H3,20,21)(H,25,27). The Morgan fingerprint density at radius 1 is 1.26 bits per heavy atom. The molecule has 2 heterocycles. The lowest BCUT2D eigenvalue weighted by Gasteiger charge is -2.38. The summed E-state index contributed by atoms with van der Waals surface area (Å²) in [7, 11) is 3.86. The first-order valence-corrected chi connectivity index (χ1v) is 9.48. The predicted molar refractivity (Wildman–Crippen MR) is 111 cm³/mol. The predicted octanol–water partition coefficient (Wildman–Crippen LogP) is 1.10. The molecule has 8 nitrogen and oxygen atoms in total. The minimum absolute atomic E-state index is 0.220. The van der Waals surface area contributed by atoms with Crippen LogP contribution in [0.2, 0.25) is 0 Å². The van der Waals surface area contributed by atoms with Crippen molar-refractivity contribution in [3.05, 3.63) is 17.8 Å². The molecule has 0 atom stereocenters. The number of amidine groups is 1. The molecule has 1 aromatic heterocycles. The molecule has 1 aliphatic heterocycles. The zero-order valence-corrected chi connectivity index (χ0v) is 16.9. The average molecular weight is 376 g/mol. The number of nitrogens with one attached hydrogen (secondary N) is 4. The van der Waals surface area contributed by atoms with E-state index in [1.54, 1.807) is 0 Å². The van der Waals surface area contributed by atoms with E-state index in [0.717, 1.165) is 50.5 Å². The quantitative estimate of drug-likeness (QED) is 0.360. The molecule has 0 aliphatic carbocycles. The monoisotopic (exact) mass is 375 g/mol. The number of piperidine rings is 1. The molecular weight excluding hydrogens is 342 g/mol. The van der Waals surface area contributed by atoms with Gasteiger partial charge in [-0.2, -0.15) is 0 Å². The lowest BCUT2D eigenvalue weighted by molar-refractivity contribution is -0.110. The number of rotatable bonds is 7. The highest BCUT2D eigenvalue weighted by molar-refractivity contribution is 6.40. The van der Waals surface area contributed by atoms with Crippen LogP contribution in [-0.2, 0) is 4.79 Å². The number of carbonyl (C=O) groups is 1. The van der Waals surface area contributed by atoms with Crippen molar-refractivity contribution in [2.75, 3.05) is 50.5 Å². The Labute approximate surface area is 161 Å². The zero-order chi connectivity index (χ0) is 20.0. The van der Waals surface area contributed by atoms with Crippen LogP contribution in [0.3, 0.4) is 0 Å². The molecule has 27 heavy (non-hydrogen) atoms. The minimum atomic E-state index is -0.606. The molecule has 0 saturated carbocycles. The third kappa shape index (κ3) is 5.64. The Kier molecular flexibility index (Phi) is 7.15. The number of anilines is 2. The largest absolute Gasteiger partial charge is 0.380 e. The summed E-state index contributed by atoms with van der Waals surface area (Å²) in [6, 6.07) is 3.81. The van der Waals surface area contributed by atoms with Crippen LogP contribution >= 0.6 is 0 Å². The van der Waals surface area contributed by atoms with Gasteiger partial charge in [0.2, 0.25) is 0 Å². The summed E-state index contributed by atoms with van der Waals surface area (Å²) in [5.74, 6) is -0.134. The molecule has 0 bridgehead atoms. The summed E-state index contributed by atoms with van der Waals surface area (Å²) in [5, 5.41) is 16.5. The molecule has 1 saturated heterocycles. The molecule has 1 fully saturated rings. The second kappa shape index (κ2) is 9.14. The van der Waals surface area contributed by atoms with Gasteiger partial charge in [-0.15, -0.1) is 0 Å². The van der Waals surface area contributed by atoms with E-state index in [9.17, 15) is 4.79 Å². The number of carbonyl (C=O) groups excluding carboxylic acids is 1. The van der Waals surface area contributed by atoms with E-state index >= 15 is 0 Å². The van der Waals surface area contributed by atoms with E-state index in [2.05, 4.69) is 34.7 Å². The van der Waals surface area contributed by atoms with Gasteiger partial charge in [0.15, 0.2) is 11.7 Å². The highest BCUT2D eigenvalue weighted by atomic mass is 16.2. The van der Waals surface area contributed by atoms with E-state index in [0.29, 0.717) is 11.1 Å². The number of hydrogen-bond donors (Lipinski definition) is 5. The molecular formula is C19H33N7O. The Balaban J connectivity index is 2.36. The van der Waals surface area contributed by atoms with Gasteiger partial charge in [0.1, 0.15) is 0 Å². The first-order valence-electron chi connectivity index (χ1n) is 9.48. The van der Waals surface area contributed by atoms with Gasteiger partial charge < -0.3 is 26.6 Å². The van der Waals surface area contributed by atoms with Crippen LogP contribution in [0.25, 0.3) is 0 Å². The van der Waals surface area contributed by atoms with E-state index in [1.165, 1.54) is 0 Å². The fourth-order valence-corrected chi connectivity index (χ4v) is 3.32. The molecule has 0 radical (unpaired) electrons. The van der Waals surface area contributed by atoms with Crippen LogP contribution in [0.15, 0.2) is 12.1 Å². The highest BCUT2D eigenvalue weighted by Gasteiger charge is 2.28. The summed E-state index contributed by atoms with van der Waals surface area (Å²) in [5.41, 5.74) is 7.22. The van der Waals surface area contributed by atoms with Crippen molar-refractivity contribution >= 4 is 23.2 Å². The number of nitrogens with two attached hydrogens (primary N) is 1. The summed E-state index contributed by atoms with van der Waals surface area (Å²) < 4.78 is 0. The molecule has 1 amide bonds. The summed E-state index contributed by atoms with van der Waals surface area (Å²) in [4.78, 5) is 19.1. The number of aromatic nitrogens is 1. The van der Waals surface area contributed by atoms with Crippen molar-refractivity contribution in [3.8, 4) is 0 Å². The maximum absolute atomic E-state index is 11.9. The highest BCUT2D eigenvalue weighted by Crippen LogP contribution is 2.35. The van der Waals surface area contributed by atoms with Crippen LogP contribution in [0.5, 0.6) is 0 Å². The third-order valence-electron chi connectivity index (χ3n) is 5.13. The second-order valence-electron chi connectivity index (χ2n) is 7.94. The van der Waals surface area contributed by atoms with E-state index in [4.69, 9.17) is 16.1 Å². The Morgan fingerprint density at radius 3 is 2.37 bits per heavy atom. The molecule has 1 aliphatic rings. The first-order chi connectivity index (χ1) is 12.8. The molecule has 0 spiro atoms. The molecule has 0 aromatic carbocycles. The summed E-state index contributed by atoms with van der Waals surface area (Å²) in [6.45, 7) is 7.94. The molecule has 1 aromatic rings. The molecule has 6 N–H and O–H groups in total. The van der Waals surface area contributed by atoms with E-state index < -0.39 is 11.7 Å². The third-order valence-corrected chi connectivity index (χ3v) is 5.13. The lowest BCUT2D eigenvalue weighted by atomic mass is 9.82. The number of pyridine rings is 1. The Hall–Kier alpha value is -2.19. The Bertz CT molecular complexity index is 658. The van der Waals surface area contributed by atoms with E-state index in [-0.39, 0.29) is 5.92 Å². The maximum atomic E-state index is 11.9. The topological polar surface area (TPSA) is 119 Å². The first kappa shape index (κ1) is 21.1. The van der Waals surface area contributed by atoms with Gasteiger partial charge in [-0.3, -0.25) is 10.2 Å². The van der Waals surface area contributed by atoms with Gasteiger partial charge in [-0.05, 0) is 44.5 Å². The summed E-state index contributed by atoms with van der Waals surface area (Å²) in [6.07, 6.45) is 2.13. The van der Waals surface area contributed by atoms with Crippen LogP contribution in [-0.4, -0.2) is 57.0 Å². The van der Waals surface area contributed by atoms with Crippen molar-refractivity contribution in [3.63, 3.8) is 0 Å². The zero-order valence-electron chi connectivity index (χ0n) is 16.9. The Morgan fingerprint density at radius 2 is 1.85 bits per heavy atom. The van der Waals surface area contributed by atoms with Crippen molar-refractivity contribution in [2.45, 2.75) is 32.6 Å². The van der Waals surface area contributed by atoms with Crippen LogP contribution in [0.1, 0.15) is 38.3 Å². The second-order valence-corrected chi connectivity index (χ2v) is 7.94. The van der Waals surface area contributed by atoms with Crippen LogP contribution in [0, 0.1) is 10.8 Å². The van der Waals surface area contributed by atoms with Crippen LogP contribution in [0.4, 0.5) is 11.5 Å². The number of amides is 1. The fourth-order valence-electron chi connectivity index (χ4n) is 3.32. The van der Waals surface area contributed by atoms with Crippen molar-refractivity contribution < 1.29 is 4.79 Å². The van der Waals surface area contributed by atoms with E-state index in [1.807, 2.05) is 26.2 Å². The van der Waals surface area contributed by atoms with Gasteiger partial charge in [0.25, 0.3) is 5.91 Å². The van der Waals surface area contributed by atoms with Gasteiger partial charge in [0.05, 0.1) is 5.69 Å². The molecule has 0 unspecified atom stereocenters. The van der Waals surface area contributed by atoms with Crippen molar-refractivity contribution in [2.24, 2.45) is 11.1 Å². The smallest absolute Gasteiger partial charge is 0.290 e. The lowest BCUT2D eigenvalue weighted by Crippen LogP contribution is -2.39. The molecule has 8 heteroatoms. The maximum Gasteiger partial charge on any atom is 0.290 e. The summed E-state index contributed by atoms with van der Waals surface area (Å²) >= 11 is 0. The van der Waals surface area contributed by atoms with Gasteiger partial charge in [-0.25, -0.2) is 4.98 Å². The molecule has 2 rings (SSSR count). The number of likely N-dealkylation sites (N-methyl/N-ethyl adjacent to an activating group) is 2. The minimum Gasteiger partial charge on any atom is -0.380 e. The van der Waals surface area contributed by atoms with Gasteiger partial charge in [-0.1, -0.05) is 13.8 Å². The number of nitrogens with zero attached hydrogens (tertiary/aromatic N) is 2. The van der Waals surface area contributed by atoms with Crippen molar-refractivity contribution in [1.29, 1.82) is 5.41 Å². The van der Waals surface area contributed by atoms with Gasteiger partial charge in [0, 0.05) is 37.8 Å². The SMILES string of the molecule is CNCC(CNC)c1ccc(NC(=O)C(=N)N)c(N2CCC(C)(C)CC2)n1. The fraction of sp³-hybridized carbons (Fsp3) is 0.632. The average Bonchev–Trinajstić information content (AvgIpc) is 2.62.